The second-order valence-electron chi connectivity index (χ2n) is 6.19. The number of hydrogen-bond donors (Lipinski definition) is 2. The second-order valence-corrected chi connectivity index (χ2v) is 6.60. The summed E-state index contributed by atoms with van der Waals surface area (Å²) in [6.07, 6.45) is 1.31. The van der Waals surface area contributed by atoms with Crippen LogP contribution in [0.2, 0.25) is 5.02 Å². The van der Waals surface area contributed by atoms with Crippen molar-refractivity contribution < 1.29 is 24.2 Å². The zero-order valence-corrected chi connectivity index (χ0v) is 17.0. The number of rotatable bonds is 9. The van der Waals surface area contributed by atoms with E-state index in [4.69, 9.17) is 21.1 Å². The van der Waals surface area contributed by atoms with Gasteiger partial charge in [-0.25, -0.2) is 4.79 Å². The van der Waals surface area contributed by atoms with Gasteiger partial charge in [0.15, 0.2) is 11.5 Å². The van der Waals surface area contributed by atoms with Crippen molar-refractivity contribution in [2.75, 3.05) is 13.2 Å². The lowest BCUT2D eigenvalue weighted by atomic mass is 10.1. The smallest absolute Gasteiger partial charge is 0.352 e. The van der Waals surface area contributed by atoms with Gasteiger partial charge in [-0.2, -0.15) is 0 Å². The van der Waals surface area contributed by atoms with Crippen molar-refractivity contribution in [3.63, 3.8) is 0 Å². The Hall–Kier alpha value is -3.25. The molecule has 2 rings (SSSR count). The molecule has 0 radical (unpaired) electrons. The fraction of sp³-hybridized carbons (Fsp3) is 0.182. The van der Waals surface area contributed by atoms with Crippen molar-refractivity contribution in [1.29, 1.82) is 0 Å². The molecule has 6 nitrogen and oxygen atoms in total. The normalized spacial score (nSPS) is 10.9. The largest absolute Gasteiger partial charge is 0.490 e. The van der Waals surface area contributed by atoms with Crippen molar-refractivity contribution >= 4 is 29.6 Å². The first kappa shape index (κ1) is 22.0. The van der Waals surface area contributed by atoms with E-state index in [-0.39, 0.29) is 17.3 Å². The summed E-state index contributed by atoms with van der Waals surface area (Å²) in [5.41, 5.74) is 1.29. The van der Waals surface area contributed by atoms with Gasteiger partial charge < -0.3 is 19.9 Å². The second kappa shape index (κ2) is 10.3. The number of aliphatic carboxylic acids is 1. The van der Waals surface area contributed by atoms with E-state index in [1.165, 1.54) is 12.1 Å². The number of ether oxygens (including phenoxy) is 2. The molecule has 0 aromatic heterocycles. The topological polar surface area (TPSA) is 84.9 Å². The molecule has 2 aromatic rings. The van der Waals surface area contributed by atoms with Crippen molar-refractivity contribution in [2.24, 2.45) is 0 Å². The predicted octanol–water partition coefficient (Wildman–Crippen LogP) is 4.55. The Kier molecular flexibility index (Phi) is 7.86. The lowest BCUT2D eigenvalue weighted by molar-refractivity contribution is -0.132. The molecule has 2 N–H and O–H groups in total. The lowest BCUT2D eigenvalue weighted by Gasteiger charge is -2.15. The Morgan fingerprint density at radius 2 is 1.90 bits per heavy atom. The SMILES string of the molecule is C=C(C)COc1c(Cl)cc(/C=C(/NC(=O)c2ccccc2)C(=O)O)cc1OCC. The molecular weight excluding hydrogens is 394 g/mol. The molecule has 1 amide bonds. The van der Waals surface area contributed by atoms with Crippen molar-refractivity contribution in [3.8, 4) is 11.5 Å². The molecule has 2 aromatic carbocycles. The van der Waals surface area contributed by atoms with Crippen LogP contribution in [0.1, 0.15) is 29.8 Å². The first-order chi connectivity index (χ1) is 13.8. The number of benzene rings is 2. The van der Waals surface area contributed by atoms with Crippen LogP contribution in [0.3, 0.4) is 0 Å². The van der Waals surface area contributed by atoms with Gasteiger partial charge in [-0.15, -0.1) is 0 Å². The van der Waals surface area contributed by atoms with Crippen LogP contribution >= 0.6 is 11.6 Å². The summed E-state index contributed by atoms with van der Waals surface area (Å²) in [7, 11) is 0. The zero-order valence-electron chi connectivity index (χ0n) is 16.2. The van der Waals surface area contributed by atoms with E-state index in [9.17, 15) is 14.7 Å². The number of hydrogen-bond acceptors (Lipinski definition) is 4. The van der Waals surface area contributed by atoms with Gasteiger partial charge in [0.05, 0.1) is 11.6 Å². The minimum Gasteiger partial charge on any atom is -0.490 e. The summed E-state index contributed by atoms with van der Waals surface area (Å²) in [6, 6.07) is 11.5. The maximum Gasteiger partial charge on any atom is 0.352 e. The van der Waals surface area contributed by atoms with Crippen molar-refractivity contribution in [2.45, 2.75) is 13.8 Å². The molecule has 0 aliphatic rings. The number of nitrogens with one attached hydrogen (secondary N) is 1. The fourth-order valence-corrected chi connectivity index (χ4v) is 2.65. The molecule has 0 saturated carbocycles. The molecule has 0 aliphatic carbocycles. The van der Waals surface area contributed by atoms with Crippen LogP contribution in [0, 0.1) is 0 Å². The molecule has 7 heteroatoms. The highest BCUT2D eigenvalue weighted by molar-refractivity contribution is 6.32. The number of halogens is 1. The van der Waals surface area contributed by atoms with Gasteiger partial charge in [0, 0.05) is 5.56 Å². The highest BCUT2D eigenvalue weighted by Gasteiger charge is 2.16. The van der Waals surface area contributed by atoms with Crippen LogP contribution < -0.4 is 14.8 Å². The number of carboxylic acid groups (broad SMARTS) is 1. The van der Waals surface area contributed by atoms with E-state index < -0.39 is 11.9 Å². The minimum absolute atomic E-state index is 0.252. The number of carbonyl (C=O) groups is 2. The molecule has 29 heavy (non-hydrogen) atoms. The lowest BCUT2D eigenvalue weighted by Crippen LogP contribution is -2.27. The van der Waals surface area contributed by atoms with Gasteiger partial charge in [-0.05, 0) is 55.3 Å². The Labute approximate surface area is 174 Å². The van der Waals surface area contributed by atoms with Crippen LogP contribution in [0.5, 0.6) is 11.5 Å². The number of amides is 1. The molecule has 0 atom stereocenters. The molecule has 0 spiro atoms. The van der Waals surface area contributed by atoms with E-state index in [1.807, 2.05) is 13.8 Å². The molecule has 152 valence electrons. The van der Waals surface area contributed by atoms with Crippen molar-refractivity contribution in [1.82, 2.24) is 5.32 Å². The third-order valence-corrected chi connectivity index (χ3v) is 3.90. The van der Waals surface area contributed by atoms with E-state index >= 15 is 0 Å². The van der Waals surface area contributed by atoms with Crippen LogP contribution in [-0.4, -0.2) is 30.2 Å². The maximum absolute atomic E-state index is 12.3. The molecule has 0 aliphatic heterocycles. The third kappa shape index (κ3) is 6.40. The monoisotopic (exact) mass is 415 g/mol. The summed E-state index contributed by atoms with van der Waals surface area (Å²) in [5, 5.41) is 12.1. The van der Waals surface area contributed by atoms with E-state index in [0.29, 0.717) is 29.2 Å². The van der Waals surface area contributed by atoms with Crippen LogP contribution in [0.25, 0.3) is 6.08 Å². The van der Waals surface area contributed by atoms with E-state index in [0.717, 1.165) is 5.57 Å². The molecule has 0 heterocycles. The molecule has 0 saturated heterocycles. The molecular formula is C22H22ClNO5. The van der Waals surface area contributed by atoms with Gasteiger partial charge in [0.2, 0.25) is 0 Å². The number of carboxylic acids is 1. The summed E-state index contributed by atoms with van der Waals surface area (Å²) < 4.78 is 11.2. The zero-order chi connectivity index (χ0) is 21.4. The Morgan fingerprint density at radius 3 is 2.48 bits per heavy atom. The minimum atomic E-state index is -1.29. The first-order valence-corrected chi connectivity index (χ1v) is 9.24. The molecule has 0 fully saturated rings. The fourth-order valence-electron chi connectivity index (χ4n) is 2.37. The highest BCUT2D eigenvalue weighted by atomic mass is 35.5. The number of carbonyl (C=O) groups excluding carboxylic acids is 1. The van der Waals surface area contributed by atoms with Crippen molar-refractivity contribution in [3.05, 3.63) is 76.5 Å². The first-order valence-electron chi connectivity index (χ1n) is 8.86. The van der Waals surface area contributed by atoms with Gasteiger partial charge in [0.25, 0.3) is 5.91 Å². The summed E-state index contributed by atoms with van der Waals surface area (Å²) in [6.45, 7) is 8.04. The van der Waals surface area contributed by atoms with Crippen LogP contribution in [0.4, 0.5) is 0 Å². The average Bonchev–Trinajstić information content (AvgIpc) is 2.67. The molecule has 0 bridgehead atoms. The maximum atomic E-state index is 12.3. The van der Waals surface area contributed by atoms with Gasteiger partial charge >= 0.3 is 5.97 Å². The molecule has 0 unspecified atom stereocenters. The van der Waals surface area contributed by atoms with Crippen LogP contribution in [0.15, 0.2) is 60.3 Å². The Bertz CT molecular complexity index is 938. The van der Waals surface area contributed by atoms with Crippen LogP contribution in [-0.2, 0) is 4.79 Å². The van der Waals surface area contributed by atoms with Gasteiger partial charge in [-0.3, -0.25) is 4.79 Å². The predicted molar refractivity (Wildman–Crippen MR) is 112 cm³/mol. The van der Waals surface area contributed by atoms with Gasteiger partial charge in [-0.1, -0.05) is 36.4 Å². The Morgan fingerprint density at radius 1 is 1.21 bits per heavy atom. The average molecular weight is 416 g/mol. The highest BCUT2D eigenvalue weighted by Crippen LogP contribution is 2.37. The Balaban J connectivity index is 2.36. The van der Waals surface area contributed by atoms with Gasteiger partial charge in [0.1, 0.15) is 12.3 Å². The standard InChI is InChI=1S/C22H22ClNO5/c1-4-28-19-12-15(10-17(23)20(19)29-13-14(2)3)11-18(22(26)27)24-21(25)16-8-6-5-7-9-16/h5-12H,2,4,13H2,1,3H3,(H,24,25)(H,26,27)/b18-11+. The van der Waals surface area contributed by atoms with E-state index in [1.54, 1.807) is 36.4 Å². The summed E-state index contributed by atoms with van der Waals surface area (Å²) >= 11 is 6.32. The van der Waals surface area contributed by atoms with E-state index in [2.05, 4.69) is 11.9 Å². The summed E-state index contributed by atoms with van der Waals surface area (Å²) in [4.78, 5) is 23.9. The summed E-state index contributed by atoms with van der Waals surface area (Å²) in [5.74, 6) is -1.10. The quantitative estimate of drug-likeness (QED) is 0.463. The third-order valence-electron chi connectivity index (χ3n) is 3.62.